The fourth-order valence-electron chi connectivity index (χ4n) is 2.59. The molecule has 1 N–H and O–H groups in total. The van der Waals surface area contributed by atoms with Crippen molar-refractivity contribution >= 4 is 5.97 Å². The van der Waals surface area contributed by atoms with Gasteiger partial charge < -0.3 is 10.0 Å². The zero-order valence-corrected chi connectivity index (χ0v) is 9.91. The Hall–Kier alpha value is -0.570. The van der Waals surface area contributed by atoms with Gasteiger partial charge in [-0.05, 0) is 37.6 Å². The molecule has 0 spiro atoms. The Balaban J connectivity index is 2.12. The van der Waals surface area contributed by atoms with E-state index in [9.17, 15) is 4.79 Å². The van der Waals surface area contributed by atoms with Crippen LogP contribution in [0.3, 0.4) is 0 Å². The summed E-state index contributed by atoms with van der Waals surface area (Å²) >= 11 is 0. The minimum atomic E-state index is -0.671. The van der Waals surface area contributed by atoms with E-state index in [0.717, 1.165) is 31.2 Å². The first-order chi connectivity index (χ1) is 7.08. The van der Waals surface area contributed by atoms with Crippen LogP contribution in [0.5, 0.6) is 0 Å². The summed E-state index contributed by atoms with van der Waals surface area (Å²) in [6, 6.07) is 0. The molecule has 88 valence electrons. The van der Waals surface area contributed by atoms with Crippen LogP contribution in [0.4, 0.5) is 0 Å². The lowest BCUT2D eigenvalue weighted by Gasteiger charge is -2.34. The van der Waals surface area contributed by atoms with Crippen molar-refractivity contribution in [3.05, 3.63) is 0 Å². The SMILES string of the molecule is CC1CC(C)CN(CCCCC(=O)O)C1. The van der Waals surface area contributed by atoms with E-state index in [1.54, 1.807) is 0 Å². The lowest BCUT2D eigenvalue weighted by molar-refractivity contribution is -0.137. The lowest BCUT2D eigenvalue weighted by atomic mass is 9.92. The molecule has 1 fully saturated rings. The number of hydrogen-bond donors (Lipinski definition) is 1. The molecule has 0 radical (unpaired) electrons. The predicted molar refractivity (Wildman–Crippen MR) is 60.9 cm³/mol. The van der Waals surface area contributed by atoms with Crippen molar-refractivity contribution < 1.29 is 9.90 Å². The summed E-state index contributed by atoms with van der Waals surface area (Å²) in [7, 11) is 0. The Labute approximate surface area is 92.5 Å². The number of likely N-dealkylation sites (tertiary alicyclic amines) is 1. The number of aliphatic carboxylic acids is 1. The smallest absolute Gasteiger partial charge is 0.303 e. The van der Waals surface area contributed by atoms with Crippen LogP contribution in [0, 0.1) is 11.8 Å². The molecule has 0 aromatic heterocycles. The van der Waals surface area contributed by atoms with E-state index >= 15 is 0 Å². The summed E-state index contributed by atoms with van der Waals surface area (Å²) in [4.78, 5) is 12.8. The molecule has 2 unspecified atom stereocenters. The third-order valence-electron chi connectivity index (χ3n) is 3.06. The molecule has 1 aliphatic rings. The molecule has 1 rings (SSSR count). The number of nitrogens with zero attached hydrogens (tertiary/aromatic N) is 1. The van der Waals surface area contributed by atoms with Gasteiger partial charge in [-0.3, -0.25) is 4.79 Å². The topological polar surface area (TPSA) is 40.5 Å². The van der Waals surface area contributed by atoms with Crippen LogP contribution in [-0.2, 0) is 4.79 Å². The van der Waals surface area contributed by atoms with Gasteiger partial charge in [0, 0.05) is 19.5 Å². The van der Waals surface area contributed by atoms with Crippen LogP contribution in [-0.4, -0.2) is 35.6 Å². The minimum absolute atomic E-state index is 0.318. The molecule has 15 heavy (non-hydrogen) atoms. The Morgan fingerprint density at radius 2 is 1.87 bits per heavy atom. The molecule has 0 saturated carbocycles. The van der Waals surface area contributed by atoms with Crippen LogP contribution < -0.4 is 0 Å². The van der Waals surface area contributed by atoms with Crippen molar-refractivity contribution in [3.63, 3.8) is 0 Å². The summed E-state index contributed by atoms with van der Waals surface area (Å²) < 4.78 is 0. The van der Waals surface area contributed by atoms with Crippen LogP contribution in [0.25, 0.3) is 0 Å². The molecule has 3 nitrogen and oxygen atoms in total. The standard InChI is InChI=1S/C12H23NO2/c1-10-7-11(2)9-13(8-10)6-4-3-5-12(14)15/h10-11H,3-9H2,1-2H3,(H,14,15). The normalized spacial score (nSPS) is 27.9. The van der Waals surface area contributed by atoms with E-state index in [0.29, 0.717) is 6.42 Å². The van der Waals surface area contributed by atoms with Crippen molar-refractivity contribution in [1.82, 2.24) is 4.90 Å². The van der Waals surface area contributed by atoms with Crippen molar-refractivity contribution in [3.8, 4) is 0 Å². The molecule has 0 aliphatic carbocycles. The molecule has 0 aromatic carbocycles. The number of piperidine rings is 1. The summed E-state index contributed by atoms with van der Waals surface area (Å²) in [6.07, 6.45) is 3.49. The first-order valence-corrected chi connectivity index (χ1v) is 6.02. The van der Waals surface area contributed by atoms with Gasteiger partial charge in [0.2, 0.25) is 0 Å². The molecule has 0 aromatic rings. The largest absolute Gasteiger partial charge is 0.481 e. The third-order valence-corrected chi connectivity index (χ3v) is 3.06. The first kappa shape index (κ1) is 12.5. The third kappa shape index (κ3) is 5.17. The summed E-state index contributed by atoms with van der Waals surface area (Å²) in [6.45, 7) is 8.07. The molecule has 0 bridgehead atoms. The molecular weight excluding hydrogens is 190 g/mol. The van der Waals surface area contributed by atoms with E-state index in [2.05, 4.69) is 18.7 Å². The number of rotatable bonds is 5. The quantitative estimate of drug-likeness (QED) is 0.712. The van der Waals surface area contributed by atoms with Crippen molar-refractivity contribution in [1.29, 1.82) is 0 Å². The highest BCUT2D eigenvalue weighted by molar-refractivity contribution is 5.66. The maximum absolute atomic E-state index is 10.3. The zero-order valence-electron chi connectivity index (χ0n) is 9.91. The Kier molecular flexibility index (Phi) is 5.09. The summed E-state index contributed by atoms with van der Waals surface area (Å²) in [5.41, 5.74) is 0. The van der Waals surface area contributed by atoms with E-state index in [1.165, 1.54) is 19.5 Å². The molecular formula is C12H23NO2. The summed E-state index contributed by atoms with van der Waals surface area (Å²) in [5.74, 6) is 0.928. The Morgan fingerprint density at radius 1 is 1.27 bits per heavy atom. The van der Waals surface area contributed by atoms with Gasteiger partial charge in [0.1, 0.15) is 0 Å². The lowest BCUT2D eigenvalue weighted by Crippen LogP contribution is -2.39. The minimum Gasteiger partial charge on any atom is -0.481 e. The second kappa shape index (κ2) is 6.11. The number of unbranched alkanes of at least 4 members (excludes halogenated alkanes) is 1. The molecule has 1 saturated heterocycles. The monoisotopic (exact) mass is 213 g/mol. The van der Waals surface area contributed by atoms with Crippen molar-refractivity contribution in [2.45, 2.75) is 39.5 Å². The fourth-order valence-corrected chi connectivity index (χ4v) is 2.59. The van der Waals surface area contributed by atoms with Crippen molar-refractivity contribution in [2.24, 2.45) is 11.8 Å². The summed E-state index contributed by atoms with van der Waals surface area (Å²) in [5, 5.41) is 8.52. The number of carboxylic acid groups (broad SMARTS) is 1. The highest BCUT2D eigenvalue weighted by Crippen LogP contribution is 2.21. The molecule has 1 aliphatic heterocycles. The number of carboxylic acids is 1. The highest BCUT2D eigenvalue weighted by atomic mass is 16.4. The van der Waals surface area contributed by atoms with Crippen LogP contribution in [0.2, 0.25) is 0 Å². The van der Waals surface area contributed by atoms with Gasteiger partial charge in [-0.1, -0.05) is 13.8 Å². The highest BCUT2D eigenvalue weighted by Gasteiger charge is 2.20. The molecule has 0 amide bonds. The maximum atomic E-state index is 10.3. The van der Waals surface area contributed by atoms with E-state index in [-0.39, 0.29) is 0 Å². The maximum Gasteiger partial charge on any atom is 0.303 e. The fraction of sp³-hybridized carbons (Fsp3) is 0.917. The van der Waals surface area contributed by atoms with Crippen LogP contribution >= 0.6 is 0 Å². The zero-order chi connectivity index (χ0) is 11.3. The molecule has 1 heterocycles. The van der Waals surface area contributed by atoms with E-state index in [4.69, 9.17) is 5.11 Å². The van der Waals surface area contributed by atoms with Gasteiger partial charge in [0.05, 0.1) is 0 Å². The predicted octanol–water partition coefficient (Wildman–Crippen LogP) is 2.22. The van der Waals surface area contributed by atoms with E-state index in [1.807, 2.05) is 0 Å². The van der Waals surface area contributed by atoms with Crippen LogP contribution in [0.1, 0.15) is 39.5 Å². The Morgan fingerprint density at radius 3 is 2.40 bits per heavy atom. The van der Waals surface area contributed by atoms with Gasteiger partial charge in [-0.15, -0.1) is 0 Å². The number of hydrogen-bond acceptors (Lipinski definition) is 2. The average Bonchev–Trinajstić information content (AvgIpc) is 2.10. The van der Waals surface area contributed by atoms with Gasteiger partial charge in [-0.2, -0.15) is 0 Å². The van der Waals surface area contributed by atoms with Gasteiger partial charge in [0.25, 0.3) is 0 Å². The average molecular weight is 213 g/mol. The number of carbonyl (C=O) groups is 1. The second-order valence-corrected chi connectivity index (χ2v) is 5.06. The first-order valence-electron chi connectivity index (χ1n) is 6.02. The Bertz CT molecular complexity index is 196. The van der Waals surface area contributed by atoms with Gasteiger partial charge in [0.15, 0.2) is 0 Å². The van der Waals surface area contributed by atoms with Crippen molar-refractivity contribution in [2.75, 3.05) is 19.6 Å². The molecule has 2 atom stereocenters. The van der Waals surface area contributed by atoms with Crippen LogP contribution in [0.15, 0.2) is 0 Å². The second-order valence-electron chi connectivity index (χ2n) is 5.06. The van der Waals surface area contributed by atoms with E-state index < -0.39 is 5.97 Å². The van der Waals surface area contributed by atoms with Gasteiger partial charge >= 0.3 is 5.97 Å². The van der Waals surface area contributed by atoms with Gasteiger partial charge in [-0.25, -0.2) is 0 Å². The molecule has 3 heteroatoms.